The number of hydrogen-bond donors (Lipinski definition) is 1. The van der Waals surface area contributed by atoms with Crippen LogP contribution in [0, 0.1) is 6.92 Å². The van der Waals surface area contributed by atoms with Gasteiger partial charge in [-0.2, -0.15) is 0 Å². The maximum absolute atomic E-state index is 11.5. The summed E-state index contributed by atoms with van der Waals surface area (Å²) >= 11 is 0. The number of benzene rings is 1. The van der Waals surface area contributed by atoms with Crippen LogP contribution in [0.4, 0.5) is 0 Å². The van der Waals surface area contributed by atoms with Crippen LogP contribution in [0.3, 0.4) is 0 Å². The molecule has 1 aromatic carbocycles. The van der Waals surface area contributed by atoms with Gasteiger partial charge >= 0.3 is 0 Å². The van der Waals surface area contributed by atoms with Crippen LogP contribution in [0.15, 0.2) is 24.3 Å². The van der Waals surface area contributed by atoms with E-state index in [0.717, 1.165) is 0 Å². The highest BCUT2D eigenvalue weighted by Gasteiger charge is 2.16. The Morgan fingerprint density at radius 2 is 1.72 bits per heavy atom. The Labute approximate surface area is 111 Å². The van der Waals surface area contributed by atoms with E-state index in [1.165, 1.54) is 11.1 Å². The first-order chi connectivity index (χ1) is 8.34. The predicted octanol–water partition coefficient (Wildman–Crippen LogP) is 2.47. The van der Waals surface area contributed by atoms with E-state index in [9.17, 15) is 8.42 Å². The molecule has 0 saturated carbocycles. The quantitative estimate of drug-likeness (QED) is 0.863. The predicted molar refractivity (Wildman–Crippen MR) is 76.5 cm³/mol. The van der Waals surface area contributed by atoms with Crippen molar-refractivity contribution in [1.82, 2.24) is 5.32 Å². The van der Waals surface area contributed by atoms with E-state index >= 15 is 0 Å². The molecule has 1 N–H and O–H groups in total. The summed E-state index contributed by atoms with van der Waals surface area (Å²) < 4.78 is 23.1. The first-order valence-electron chi connectivity index (χ1n) is 6.37. The standard InChI is InChI=1S/C14H23NO2S/c1-5-18(16,17)10-12(3)15-13(4)14-8-6-11(2)7-9-14/h6-9,12-13,15H,5,10H2,1-4H3/t12-,13-/m0/s1. The topological polar surface area (TPSA) is 46.2 Å². The minimum Gasteiger partial charge on any atom is -0.307 e. The summed E-state index contributed by atoms with van der Waals surface area (Å²) in [7, 11) is -2.92. The van der Waals surface area contributed by atoms with Gasteiger partial charge in [-0.15, -0.1) is 0 Å². The zero-order chi connectivity index (χ0) is 13.8. The normalized spacial score (nSPS) is 15.3. The van der Waals surface area contributed by atoms with E-state index in [0.29, 0.717) is 0 Å². The van der Waals surface area contributed by atoms with Crippen molar-refractivity contribution >= 4 is 9.84 Å². The number of sulfone groups is 1. The highest BCUT2D eigenvalue weighted by atomic mass is 32.2. The molecular weight excluding hydrogens is 246 g/mol. The lowest BCUT2D eigenvalue weighted by Gasteiger charge is -2.20. The fourth-order valence-electron chi connectivity index (χ4n) is 1.92. The van der Waals surface area contributed by atoms with Gasteiger partial charge < -0.3 is 5.32 Å². The maximum Gasteiger partial charge on any atom is 0.151 e. The average molecular weight is 269 g/mol. The third-order valence-electron chi connectivity index (χ3n) is 3.06. The van der Waals surface area contributed by atoms with E-state index in [1.807, 2.05) is 6.92 Å². The van der Waals surface area contributed by atoms with Crippen LogP contribution in [0.25, 0.3) is 0 Å². The average Bonchev–Trinajstić information content (AvgIpc) is 2.29. The summed E-state index contributed by atoms with van der Waals surface area (Å²) in [6.45, 7) is 7.71. The van der Waals surface area contributed by atoms with E-state index in [-0.39, 0.29) is 23.6 Å². The highest BCUT2D eigenvalue weighted by molar-refractivity contribution is 7.91. The Hall–Kier alpha value is -0.870. The number of hydrogen-bond acceptors (Lipinski definition) is 3. The molecule has 0 aliphatic carbocycles. The molecular formula is C14H23NO2S. The summed E-state index contributed by atoms with van der Waals surface area (Å²) in [5, 5.41) is 3.33. The largest absolute Gasteiger partial charge is 0.307 e. The Kier molecular flexibility index (Phi) is 5.35. The Morgan fingerprint density at radius 1 is 1.17 bits per heavy atom. The van der Waals surface area contributed by atoms with Crippen LogP contribution < -0.4 is 5.32 Å². The van der Waals surface area contributed by atoms with Gasteiger partial charge in [0, 0.05) is 17.8 Å². The van der Waals surface area contributed by atoms with Gasteiger partial charge in [0.2, 0.25) is 0 Å². The van der Waals surface area contributed by atoms with E-state index in [1.54, 1.807) is 6.92 Å². The molecule has 0 unspecified atom stereocenters. The second-order valence-electron chi connectivity index (χ2n) is 4.90. The lowest BCUT2D eigenvalue weighted by molar-refractivity contribution is 0.500. The van der Waals surface area contributed by atoms with Gasteiger partial charge in [-0.1, -0.05) is 36.8 Å². The van der Waals surface area contributed by atoms with Crippen LogP contribution in [-0.2, 0) is 9.84 Å². The number of aryl methyl sites for hydroxylation is 1. The van der Waals surface area contributed by atoms with Gasteiger partial charge in [0.25, 0.3) is 0 Å². The lowest BCUT2D eigenvalue weighted by atomic mass is 10.1. The molecule has 0 spiro atoms. The van der Waals surface area contributed by atoms with Crippen molar-refractivity contribution in [3.63, 3.8) is 0 Å². The summed E-state index contributed by atoms with van der Waals surface area (Å²) in [5.74, 6) is 0.400. The molecule has 0 aliphatic rings. The van der Waals surface area contributed by atoms with Crippen LogP contribution >= 0.6 is 0 Å². The molecule has 1 rings (SSSR count). The molecule has 4 heteroatoms. The molecule has 0 fully saturated rings. The van der Waals surface area contributed by atoms with Crippen molar-refractivity contribution in [2.75, 3.05) is 11.5 Å². The zero-order valence-corrected chi connectivity index (χ0v) is 12.4. The minimum absolute atomic E-state index is 0.0359. The molecule has 0 aliphatic heterocycles. The SMILES string of the molecule is CCS(=O)(=O)C[C@H](C)N[C@@H](C)c1ccc(C)cc1. The second kappa shape index (κ2) is 6.34. The van der Waals surface area contributed by atoms with Gasteiger partial charge in [-0.25, -0.2) is 8.42 Å². The van der Waals surface area contributed by atoms with Crippen molar-refractivity contribution in [3.8, 4) is 0 Å². The molecule has 0 radical (unpaired) electrons. The molecule has 0 bridgehead atoms. The fourth-order valence-corrected chi connectivity index (χ4v) is 3.02. The monoisotopic (exact) mass is 269 g/mol. The van der Waals surface area contributed by atoms with Crippen LogP contribution in [-0.4, -0.2) is 26.0 Å². The summed E-state index contributed by atoms with van der Waals surface area (Å²) in [6, 6.07) is 8.42. The third kappa shape index (κ3) is 4.78. The molecule has 3 nitrogen and oxygen atoms in total. The Morgan fingerprint density at radius 3 is 2.22 bits per heavy atom. The maximum atomic E-state index is 11.5. The molecule has 0 aromatic heterocycles. The number of nitrogens with one attached hydrogen (secondary N) is 1. The molecule has 0 heterocycles. The first kappa shape index (κ1) is 15.2. The van der Waals surface area contributed by atoms with Crippen molar-refractivity contribution in [1.29, 1.82) is 0 Å². The fraction of sp³-hybridized carbons (Fsp3) is 0.571. The van der Waals surface area contributed by atoms with Crippen LogP contribution in [0.2, 0.25) is 0 Å². The molecule has 1 aromatic rings. The van der Waals surface area contributed by atoms with Crippen molar-refractivity contribution < 1.29 is 8.42 Å². The zero-order valence-electron chi connectivity index (χ0n) is 11.6. The van der Waals surface area contributed by atoms with Gasteiger partial charge in [0.15, 0.2) is 9.84 Å². The summed E-state index contributed by atoms with van der Waals surface area (Å²) in [4.78, 5) is 0. The van der Waals surface area contributed by atoms with Gasteiger partial charge in [0.1, 0.15) is 0 Å². The molecule has 0 saturated heterocycles. The minimum atomic E-state index is -2.92. The third-order valence-corrected chi connectivity index (χ3v) is 4.94. The Balaban J connectivity index is 2.59. The molecule has 2 atom stereocenters. The molecule has 102 valence electrons. The van der Waals surface area contributed by atoms with Crippen molar-refractivity contribution in [3.05, 3.63) is 35.4 Å². The second-order valence-corrected chi connectivity index (χ2v) is 7.30. The molecule has 18 heavy (non-hydrogen) atoms. The van der Waals surface area contributed by atoms with Crippen molar-refractivity contribution in [2.24, 2.45) is 0 Å². The van der Waals surface area contributed by atoms with Crippen molar-refractivity contribution in [2.45, 2.75) is 39.8 Å². The Bertz CT molecular complexity index is 465. The summed E-state index contributed by atoms with van der Waals surface area (Å²) in [5.41, 5.74) is 2.41. The molecule has 0 amide bonds. The van der Waals surface area contributed by atoms with Crippen LogP contribution in [0.5, 0.6) is 0 Å². The van der Waals surface area contributed by atoms with Crippen LogP contribution in [0.1, 0.15) is 37.9 Å². The first-order valence-corrected chi connectivity index (χ1v) is 8.19. The van der Waals surface area contributed by atoms with Gasteiger partial charge in [0.05, 0.1) is 5.75 Å². The van der Waals surface area contributed by atoms with E-state index in [4.69, 9.17) is 0 Å². The highest BCUT2D eigenvalue weighted by Crippen LogP contribution is 2.14. The smallest absolute Gasteiger partial charge is 0.151 e. The lowest BCUT2D eigenvalue weighted by Crippen LogP contribution is -2.35. The van der Waals surface area contributed by atoms with Gasteiger partial charge in [-0.05, 0) is 26.3 Å². The summed E-state index contributed by atoms with van der Waals surface area (Å²) in [6.07, 6.45) is 0. The van der Waals surface area contributed by atoms with Gasteiger partial charge in [-0.3, -0.25) is 0 Å². The number of rotatable bonds is 6. The van der Waals surface area contributed by atoms with E-state index in [2.05, 4.69) is 43.4 Å². The van der Waals surface area contributed by atoms with E-state index < -0.39 is 9.84 Å².